The van der Waals surface area contributed by atoms with Crippen molar-refractivity contribution in [1.82, 2.24) is 10.4 Å². The van der Waals surface area contributed by atoms with Gasteiger partial charge in [-0.15, -0.1) is 5.06 Å². The summed E-state index contributed by atoms with van der Waals surface area (Å²) in [6.07, 6.45) is 1.41. The maximum atomic E-state index is 11.4. The smallest absolute Gasteiger partial charge is 0.333 e. The first-order valence-corrected chi connectivity index (χ1v) is 7.06. The van der Waals surface area contributed by atoms with Gasteiger partial charge >= 0.3 is 5.97 Å². The van der Waals surface area contributed by atoms with E-state index in [1.54, 1.807) is 0 Å². The molecule has 0 spiro atoms. The van der Waals surface area contributed by atoms with Gasteiger partial charge in [-0.3, -0.25) is 14.4 Å². The van der Waals surface area contributed by atoms with E-state index in [-0.39, 0.29) is 30.5 Å². The van der Waals surface area contributed by atoms with E-state index in [4.69, 9.17) is 0 Å². The second-order valence-electron chi connectivity index (χ2n) is 3.99. The molecule has 0 atom stereocenters. The van der Waals surface area contributed by atoms with Crippen LogP contribution in [0.4, 0.5) is 0 Å². The Balaban J connectivity index is 2.13. The molecule has 0 unspecified atom stereocenters. The van der Waals surface area contributed by atoms with Gasteiger partial charge in [0, 0.05) is 25.8 Å². The summed E-state index contributed by atoms with van der Waals surface area (Å²) in [5, 5.41) is 3.42. The summed E-state index contributed by atoms with van der Waals surface area (Å²) in [4.78, 5) is 49.3. The van der Waals surface area contributed by atoms with Crippen molar-refractivity contribution in [2.75, 3.05) is 11.9 Å². The number of amides is 3. The number of imide groups is 1. The molecule has 1 heterocycles. The summed E-state index contributed by atoms with van der Waals surface area (Å²) >= 11 is 3.01. The van der Waals surface area contributed by atoms with Crippen LogP contribution in [0.15, 0.2) is 0 Å². The van der Waals surface area contributed by atoms with Crippen LogP contribution in [0.25, 0.3) is 0 Å². The summed E-state index contributed by atoms with van der Waals surface area (Å²) in [7, 11) is 0. The lowest BCUT2D eigenvalue weighted by atomic mass is 10.2. The molecule has 0 aliphatic carbocycles. The van der Waals surface area contributed by atoms with E-state index in [1.807, 2.05) is 0 Å². The van der Waals surface area contributed by atoms with Crippen LogP contribution in [0, 0.1) is 0 Å². The molecular weight excluding hydrogens is 320 g/mol. The topological polar surface area (TPSA) is 92.8 Å². The highest BCUT2D eigenvalue weighted by molar-refractivity contribution is 9.09. The number of rotatable bonds is 7. The zero-order valence-corrected chi connectivity index (χ0v) is 11.9. The maximum absolute atomic E-state index is 11.4. The molecule has 1 saturated heterocycles. The average molecular weight is 335 g/mol. The molecule has 0 aromatic rings. The number of nitrogens with one attached hydrogen (secondary N) is 1. The fraction of sp³-hybridized carbons (Fsp3) is 0.636. The van der Waals surface area contributed by atoms with Crippen LogP contribution in [0.2, 0.25) is 0 Å². The minimum absolute atomic E-state index is 0.0880. The average Bonchev–Trinajstić information content (AvgIpc) is 2.69. The van der Waals surface area contributed by atoms with Crippen LogP contribution < -0.4 is 5.32 Å². The monoisotopic (exact) mass is 334 g/mol. The zero-order valence-electron chi connectivity index (χ0n) is 10.3. The third kappa shape index (κ3) is 5.37. The van der Waals surface area contributed by atoms with Gasteiger partial charge in [0.05, 0.1) is 5.33 Å². The summed E-state index contributed by atoms with van der Waals surface area (Å²) in [6, 6.07) is 0. The molecule has 0 aromatic heterocycles. The van der Waals surface area contributed by atoms with Crippen molar-refractivity contribution in [3.8, 4) is 0 Å². The predicted octanol–water partition coefficient (Wildman–Crippen LogP) is 0.275. The van der Waals surface area contributed by atoms with Crippen molar-refractivity contribution in [1.29, 1.82) is 0 Å². The quantitative estimate of drug-likeness (QED) is 0.410. The lowest BCUT2D eigenvalue weighted by Crippen LogP contribution is -2.32. The highest BCUT2D eigenvalue weighted by atomic mass is 79.9. The van der Waals surface area contributed by atoms with E-state index in [9.17, 15) is 19.2 Å². The summed E-state index contributed by atoms with van der Waals surface area (Å²) < 4.78 is 0. The van der Waals surface area contributed by atoms with Gasteiger partial charge in [0.1, 0.15) is 0 Å². The van der Waals surface area contributed by atoms with E-state index in [0.29, 0.717) is 24.4 Å². The lowest BCUT2D eigenvalue weighted by molar-refractivity contribution is -0.197. The van der Waals surface area contributed by atoms with Crippen molar-refractivity contribution in [2.24, 2.45) is 0 Å². The van der Waals surface area contributed by atoms with Gasteiger partial charge < -0.3 is 10.2 Å². The standard InChI is InChI=1S/C11H15BrN2O5/c12-7-8(15)13-6-2-1-3-11(18)19-14-9(16)4-5-10(14)17/h1-7H2,(H,13,15). The van der Waals surface area contributed by atoms with Crippen LogP contribution in [0.5, 0.6) is 0 Å². The highest BCUT2D eigenvalue weighted by Gasteiger charge is 2.32. The fourth-order valence-corrected chi connectivity index (χ4v) is 1.67. The first-order chi connectivity index (χ1) is 9.04. The van der Waals surface area contributed by atoms with Crippen molar-refractivity contribution in [2.45, 2.75) is 32.1 Å². The van der Waals surface area contributed by atoms with Gasteiger partial charge in [0.15, 0.2) is 0 Å². The first kappa shape index (κ1) is 15.6. The van der Waals surface area contributed by atoms with Crippen molar-refractivity contribution in [3.05, 3.63) is 0 Å². The molecule has 7 nitrogen and oxygen atoms in total. The Morgan fingerprint density at radius 1 is 1.21 bits per heavy atom. The molecule has 1 rings (SSSR count). The number of alkyl halides is 1. The van der Waals surface area contributed by atoms with Gasteiger partial charge in [-0.05, 0) is 12.8 Å². The molecule has 0 aromatic carbocycles. The van der Waals surface area contributed by atoms with Gasteiger partial charge in [-0.2, -0.15) is 0 Å². The summed E-state index contributed by atoms with van der Waals surface area (Å²) in [5.74, 6) is -1.70. The Labute approximate surface area is 118 Å². The van der Waals surface area contributed by atoms with Crippen molar-refractivity contribution in [3.63, 3.8) is 0 Å². The molecule has 3 amide bonds. The van der Waals surface area contributed by atoms with E-state index in [0.717, 1.165) is 0 Å². The normalized spacial score (nSPS) is 14.7. The molecule has 0 bridgehead atoms. The Hall–Kier alpha value is -1.44. The number of hydrogen-bond donors (Lipinski definition) is 1. The third-order valence-electron chi connectivity index (χ3n) is 2.45. The second-order valence-corrected chi connectivity index (χ2v) is 4.55. The molecule has 1 N–H and O–H groups in total. The third-order valence-corrected chi connectivity index (χ3v) is 2.96. The molecule has 1 fully saturated rings. The Morgan fingerprint density at radius 2 is 1.84 bits per heavy atom. The number of hydroxylamine groups is 2. The van der Waals surface area contributed by atoms with Gasteiger partial charge in [-0.1, -0.05) is 15.9 Å². The second kappa shape index (κ2) is 7.88. The zero-order chi connectivity index (χ0) is 14.3. The van der Waals surface area contributed by atoms with E-state index in [1.165, 1.54) is 0 Å². The van der Waals surface area contributed by atoms with E-state index >= 15 is 0 Å². The van der Waals surface area contributed by atoms with Gasteiger partial charge in [0.25, 0.3) is 11.8 Å². The molecular formula is C11H15BrN2O5. The van der Waals surface area contributed by atoms with Crippen LogP contribution >= 0.6 is 15.9 Å². The Bertz CT molecular complexity index is 369. The minimum atomic E-state index is -0.615. The van der Waals surface area contributed by atoms with E-state index < -0.39 is 17.8 Å². The molecule has 1 aliphatic rings. The number of carbonyl (C=O) groups is 4. The Morgan fingerprint density at radius 3 is 2.42 bits per heavy atom. The predicted molar refractivity (Wildman–Crippen MR) is 67.8 cm³/mol. The first-order valence-electron chi connectivity index (χ1n) is 5.94. The molecule has 106 valence electrons. The number of hydrogen-bond acceptors (Lipinski definition) is 5. The summed E-state index contributed by atoms with van der Waals surface area (Å²) in [6.45, 7) is 0.472. The van der Waals surface area contributed by atoms with Crippen LogP contribution in [0.3, 0.4) is 0 Å². The molecule has 8 heteroatoms. The van der Waals surface area contributed by atoms with Crippen molar-refractivity contribution < 1.29 is 24.0 Å². The summed E-state index contributed by atoms with van der Waals surface area (Å²) in [5.41, 5.74) is 0. The number of carbonyl (C=O) groups excluding carboxylic acids is 4. The molecule has 0 saturated carbocycles. The van der Waals surface area contributed by atoms with Crippen LogP contribution in [0.1, 0.15) is 32.1 Å². The number of nitrogens with zero attached hydrogens (tertiary/aromatic N) is 1. The SMILES string of the molecule is O=C(CBr)NCCCCC(=O)ON1C(=O)CCC1=O. The van der Waals surface area contributed by atoms with Crippen molar-refractivity contribution >= 4 is 39.6 Å². The fourth-order valence-electron chi connectivity index (χ4n) is 1.47. The number of unbranched alkanes of at least 4 members (excludes halogenated alkanes) is 1. The van der Waals surface area contributed by atoms with E-state index in [2.05, 4.69) is 26.1 Å². The lowest BCUT2D eigenvalue weighted by Gasteiger charge is -2.12. The van der Waals surface area contributed by atoms with Crippen LogP contribution in [-0.2, 0) is 24.0 Å². The molecule has 1 aliphatic heterocycles. The highest BCUT2D eigenvalue weighted by Crippen LogP contribution is 2.13. The molecule has 0 radical (unpaired) electrons. The van der Waals surface area contributed by atoms with Crippen LogP contribution in [-0.4, -0.2) is 40.6 Å². The number of halogens is 1. The molecule has 19 heavy (non-hydrogen) atoms. The Kier molecular flexibility index (Phi) is 6.48. The van der Waals surface area contributed by atoms with Gasteiger partial charge in [0.2, 0.25) is 5.91 Å². The van der Waals surface area contributed by atoms with Gasteiger partial charge in [-0.25, -0.2) is 4.79 Å². The largest absolute Gasteiger partial charge is 0.355 e. The maximum Gasteiger partial charge on any atom is 0.333 e. The minimum Gasteiger partial charge on any atom is -0.355 e.